The Morgan fingerprint density at radius 3 is 2.84 bits per heavy atom. The molecule has 19 heavy (non-hydrogen) atoms. The number of carbonyl (C=O) groups excluding carboxylic acids is 1. The maximum absolute atomic E-state index is 11.9. The maximum atomic E-state index is 11.9. The van der Waals surface area contributed by atoms with E-state index < -0.39 is 0 Å². The molecule has 0 saturated heterocycles. The standard InChI is InChI=1S/C13H13BrN2O2S/c1-7-10(12(17)18-2)11(16-13(19)15-7)8-4-3-5-9(14)6-8/h3-6,11H,1-2H3,(H2,15,16,19)/t11-/m1/s1. The molecule has 4 nitrogen and oxygen atoms in total. The molecule has 2 N–H and O–H groups in total. The second-order valence-corrected chi connectivity index (χ2v) is 5.44. The van der Waals surface area contributed by atoms with Gasteiger partial charge in [-0.2, -0.15) is 0 Å². The van der Waals surface area contributed by atoms with E-state index in [0.29, 0.717) is 16.4 Å². The SMILES string of the molecule is COC(=O)C1=C(C)NC(=S)N[C@@H]1c1cccc(Br)c1. The van der Waals surface area contributed by atoms with Gasteiger partial charge in [0.1, 0.15) is 0 Å². The summed E-state index contributed by atoms with van der Waals surface area (Å²) in [6.45, 7) is 1.81. The monoisotopic (exact) mass is 340 g/mol. The Balaban J connectivity index is 2.49. The van der Waals surface area contributed by atoms with Crippen LogP contribution in [0.3, 0.4) is 0 Å². The normalized spacial score (nSPS) is 18.7. The Morgan fingerprint density at radius 1 is 1.47 bits per heavy atom. The van der Waals surface area contributed by atoms with Crippen molar-refractivity contribution in [3.63, 3.8) is 0 Å². The maximum Gasteiger partial charge on any atom is 0.337 e. The highest BCUT2D eigenvalue weighted by molar-refractivity contribution is 9.10. The number of benzene rings is 1. The molecule has 1 aliphatic rings. The Bertz CT molecular complexity index is 572. The molecule has 0 aromatic heterocycles. The van der Waals surface area contributed by atoms with Crippen LogP contribution >= 0.6 is 28.1 Å². The van der Waals surface area contributed by atoms with Gasteiger partial charge in [-0.05, 0) is 36.8 Å². The highest BCUT2D eigenvalue weighted by atomic mass is 79.9. The van der Waals surface area contributed by atoms with Crippen LogP contribution in [0.4, 0.5) is 0 Å². The number of halogens is 1. The van der Waals surface area contributed by atoms with Gasteiger partial charge in [-0.25, -0.2) is 4.79 Å². The molecule has 1 aromatic rings. The van der Waals surface area contributed by atoms with E-state index in [2.05, 4.69) is 26.6 Å². The van der Waals surface area contributed by atoms with Gasteiger partial charge in [0.25, 0.3) is 0 Å². The number of thiocarbonyl (C=S) groups is 1. The molecular formula is C13H13BrN2O2S. The van der Waals surface area contributed by atoms with Crippen molar-refractivity contribution >= 4 is 39.2 Å². The predicted octanol–water partition coefficient (Wildman–Crippen LogP) is 2.41. The molecule has 0 bridgehead atoms. The Labute approximate surface area is 125 Å². The predicted molar refractivity (Wildman–Crippen MR) is 80.5 cm³/mol. The van der Waals surface area contributed by atoms with Gasteiger partial charge in [0.15, 0.2) is 5.11 Å². The number of esters is 1. The number of rotatable bonds is 2. The van der Waals surface area contributed by atoms with E-state index in [1.807, 2.05) is 31.2 Å². The summed E-state index contributed by atoms with van der Waals surface area (Å²) in [5.74, 6) is -0.370. The second kappa shape index (κ2) is 5.71. The third-order valence-electron chi connectivity index (χ3n) is 2.86. The number of carbonyl (C=O) groups is 1. The Morgan fingerprint density at radius 2 is 2.21 bits per heavy atom. The minimum Gasteiger partial charge on any atom is -0.466 e. The van der Waals surface area contributed by atoms with Crippen LogP contribution < -0.4 is 10.6 Å². The largest absolute Gasteiger partial charge is 0.466 e. The van der Waals surface area contributed by atoms with E-state index in [1.165, 1.54) is 7.11 Å². The first-order valence-electron chi connectivity index (χ1n) is 5.65. The van der Waals surface area contributed by atoms with Crippen molar-refractivity contribution in [2.45, 2.75) is 13.0 Å². The van der Waals surface area contributed by atoms with E-state index in [9.17, 15) is 4.79 Å². The van der Waals surface area contributed by atoms with E-state index in [1.54, 1.807) is 0 Å². The van der Waals surface area contributed by atoms with Crippen molar-refractivity contribution in [3.8, 4) is 0 Å². The van der Waals surface area contributed by atoms with Crippen molar-refractivity contribution in [2.75, 3.05) is 7.11 Å². The number of hydrogen-bond donors (Lipinski definition) is 2. The average molecular weight is 341 g/mol. The summed E-state index contributed by atoms with van der Waals surface area (Å²) in [5.41, 5.74) is 2.19. The topological polar surface area (TPSA) is 50.4 Å². The molecule has 1 aromatic carbocycles. The third-order valence-corrected chi connectivity index (χ3v) is 3.57. The lowest BCUT2D eigenvalue weighted by atomic mass is 9.96. The number of allylic oxidation sites excluding steroid dienone is 1. The molecule has 1 atom stereocenters. The number of methoxy groups -OCH3 is 1. The summed E-state index contributed by atoms with van der Waals surface area (Å²) >= 11 is 8.57. The van der Waals surface area contributed by atoms with Crippen LogP contribution in [0.2, 0.25) is 0 Å². The molecule has 1 heterocycles. The summed E-state index contributed by atoms with van der Waals surface area (Å²) in [6.07, 6.45) is 0. The number of ether oxygens (including phenoxy) is 1. The smallest absolute Gasteiger partial charge is 0.337 e. The van der Waals surface area contributed by atoms with E-state index in [-0.39, 0.29) is 12.0 Å². The zero-order valence-corrected chi connectivity index (χ0v) is 12.9. The lowest BCUT2D eigenvalue weighted by Gasteiger charge is -2.29. The molecule has 2 rings (SSSR count). The Kier molecular flexibility index (Phi) is 4.21. The zero-order valence-electron chi connectivity index (χ0n) is 10.5. The number of hydrogen-bond acceptors (Lipinski definition) is 3. The minimum atomic E-state index is -0.370. The van der Waals surface area contributed by atoms with Gasteiger partial charge in [0.2, 0.25) is 0 Å². The van der Waals surface area contributed by atoms with E-state index in [4.69, 9.17) is 17.0 Å². The van der Waals surface area contributed by atoms with Crippen LogP contribution in [-0.4, -0.2) is 18.2 Å². The molecule has 0 radical (unpaired) electrons. The minimum absolute atomic E-state index is 0.307. The molecule has 1 aliphatic heterocycles. The van der Waals surface area contributed by atoms with Gasteiger partial charge in [-0.3, -0.25) is 0 Å². The third kappa shape index (κ3) is 2.96. The fourth-order valence-electron chi connectivity index (χ4n) is 2.01. The second-order valence-electron chi connectivity index (χ2n) is 4.12. The van der Waals surface area contributed by atoms with E-state index >= 15 is 0 Å². The molecule has 0 aliphatic carbocycles. The Hall–Kier alpha value is -1.40. The molecule has 0 unspecified atom stereocenters. The zero-order chi connectivity index (χ0) is 14.0. The van der Waals surface area contributed by atoms with Crippen LogP contribution in [-0.2, 0) is 9.53 Å². The van der Waals surface area contributed by atoms with Gasteiger partial charge < -0.3 is 15.4 Å². The fraction of sp³-hybridized carbons (Fsp3) is 0.231. The molecule has 100 valence electrons. The van der Waals surface area contributed by atoms with Crippen LogP contribution in [0, 0.1) is 0 Å². The van der Waals surface area contributed by atoms with Crippen LogP contribution in [0.25, 0.3) is 0 Å². The van der Waals surface area contributed by atoms with Gasteiger partial charge in [-0.1, -0.05) is 28.1 Å². The lowest BCUT2D eigenvalue weighted by Crippen LogP contribution is -2.45. The van der Waals surface area contributed by atoms with Crippen molar-refractivity contribution in [1.29, 1.82) is 0 Å². The summed E-state index contributed by atoms with van der Waals surface area (Å²) < 4.78 is 5.79. The summed E-state index contributed by atoms with van der Waals surface area (Å²) in [4.78, 5) is 11.9. The first-order chi connectivity index (χ1) is 9.02. The first kappa shape index (κ1) is 14.0. The highest BCUT2D eigenvalue weighted by Gasteiger charge is 2.30. The fourth-order valence-corrected chi connectivity index (χ4v) is 2.70. The molecular weight excluding hydrogens is 328 g/mol. The summed E-state index contributed by atoms with van der Waals surface area (Å²) in [6, 6.07) is 7.42. The quantitative estimate of drug-likeness (QED) is 0.639. The number of nitrogens with one attached hydrogen (secondary N) is 2. The molecule has 0 amide bonds. The first-order valence-corrected chi connectivity index (χ1v) is 6.85. The van der Waals surface area contributed by atoms with Crippen LogP contribution in [0.15, 0.2) is 40.0 Å². The van der Waals surface area contributed by atoms with Crippen LogP contribution in [0.5, 0.6) is 0 Å². The van der Waals surface area contributed by atoms with Crippen LogP contribution in [0.1, 0.15) is 18.5 Å². The van der Waals surface area contributed by atoms with Crippen molar-refractivity contribution in [2.24, 2.45) is 0 Å². The summed E-state index contributed by atoms with van der Waals surface area (Å²) in [5, 5.41) is 6.54. The van der Waals surface area contributed by atoms with Gasteiger partial charge in [0, 0.05) is 10.2 Å². The van der Waals surface area contributed by atoms with Gasteiger partial charge >= 0.3 is 5.97 Å². The van der Waals surface area contributed by atoms with E-state index in [0.717, 1.165) is 10.0 Å². The average Bonchev–Trinajstić information content (AvgIpc) is 2.37. The lowest BCUT2D eigenvalue weighted by molar-refractivity contribution is -0.136. The van der Waals surface area contributed by atoms with Crippen molar-refractivity contribution in [3.05, 3.63) is 45.6 Å². The summed E-state index contributed by atoms with van der Waals surface area (Å²) in [7, 11) is 1.37. The van der Waals surface area contributed by atoms with Gasteiger partial charge in [-0.15, -0.1) is 0 Å². The van der Waals surface area contributed by atoms with Crippen molar-refractivity contribution < 1.29 is 9.53 Å². The molecule has 6 heteroatoms. The highest BCUT2D eigenvalue weighted by Crippen LogP contribution is 2.28. The molecule has 0 fully saturated rings. The molecule has 0 spiro atoms. The van der Waals surface area contributed by atoms with Crippen molar-refractivity contribution in [1.82, 2.24) is 10.6 Å². The van der Waals surface area contributed by atoms with Gasteiger partial charge in [0.05, 0.1) is 18.7 Å². The molecule has 0 saturated carbocycles.